The SMILES string of the molecule is O=C(Nc1cc(Cl)ccc1C(=O)O)c1ccc2c(c1)C(=O)N(C[C@@H]1CCCO1)C2=O. The molecule has 4 rings (SSSR count). The van der Waals surface area contributed by atoms with Gasteiger partial charge in [0.2, 0.25) is 0 Å². The molecule has 2 aromatic rings. The number of nitrogens with one attached hydrogen (secondary N) is 1. The molecule has 2 aliphatic heterocycles. The van der Waals surface area contributed by atoms with E-state index in [0.717, 1.165) is 17.7 Å². The van der Waals surface area contributed by atoms with Crippen molar-refractivity contribution in [3.05, 3.63) is 63.7 Å². The summed E-state index contributed by atoms with van der Waals surface area (Å²) >= 11 is 5.91. The highest BCUT2D eigenvalue weighted by atomic mass is 35.5. The standard InChI is InChI=1S/C21H17ClN2O6/c22-12-4-6-15(21(28)29)17(9-12)23-18(25)11-3-5-14-16(8-11)20(27)24(19(14)26)10-13-2-1-7-30-13/h3-6,8-9,13H,1-2,7,10H2,(H,23,25)(H,28,29)/t13-/m0/s1. The second-order valence-electron chi connectivity index (χ2n) is 7.07. The van der Waals surface area contributed by atoms with Crippen molar-refractivity contribution in [2.45, 2.75) is 18.9 Å². The molecule has 1 fully saturated rings. The van der Waals surface area contributed by atoms with Gasteiger partial charge in [-0.05, 0) is 49.2 Å². The molecule has 154 valence electrons. The molecule has 0 radical (unpaired) electrons. The average Bonchev–Trinajstić information content (AvgIpc) is 3.30. The molecule has 0 aromatic heterocycles. The second-order valence-corrected chi connectivity index (χ2v) is 7.50. The highest BCUT2D eigenvalue weighted by Crippen LogP contribution is 2.27. The van der Waals surface area contributed by atoms with E-state index in [2.05, 4.69) is 5.32 Å². The quantitative estimate of drug-likeness (QED) is 0.707. The fraction of sp³-hybridized carbons (Fsp3) is 0.238. The second kappa shape index (κ2) is 7.89. The minimum Gasteiger partial charge on any atom is -0.478 e. The molecule has 9 heteroatoms. The number of rotatable bonds is 5. The van der Waals surface area contributed by atoms with E-state index in [0.29, 0.717) is 6.61 Å². The van der Waals surface area contributed by atoms with Crippen molar-refractivity contribution in [3.8, 4) is 0 Å². The van der Waals surface area contributed by atoms with Gasteiger partial charge in [0, 0.05) is 17.2 Å². The number of halogens is 1. The Labute approximate surface area is 176 Å². The van der Waals surface area contributed by atoms with E-state index >= 15 is 0 Å². The Morgan fingerprint density at radius 3 is 2.60 bits per heavy atom. The van der Waals surface area contributed by atoms with E-state index in [9.17, 15) is 24.3 Å². The Morgan fingerprint density at radius 1 is 1.13 bits per heavy atom. The first-order chi connectivity index (χ1) is 14.3. The number of benzene rings is 2. The number of nitrogens with zero attached hydrogens (tertiary/aromatic N) is 1. The predicted octanol–water partition coefficient (Wildman–Crippen LogP) is 3.07. The molecule has 0 aliphatic carbocycles. The van der Waals surface area contributed by atoms with E-state index in [1.54, 1.807) is 0 Å². The van der Waals surface area contributed by atoms with Crippen molar-refractivity contribution >= 4 is 41.0 Å². The smallest absolute Gasteiger partial charge is 0.337 e. The number of ether oxygens (including phenoxy) is 1. The molecule has 0 saturated carbocycles. The molecule has 2 heterocycles. The molecule has 2 aliphatic rings. The lowest BCUT2D eigenvalue weighted by molar-refractivity contribution is 0.0475. The van der Waals surface area contributed by atoms with Crippen LogP contribution in [-0.4, -0.2) is 53.0 Å². The Hall–Kier alpha value is -3.23. The molecular weight excluding hydrogens is 412 g/mol. The summed E-state index contributed by atoms with van der Waals surface area (Å²) in [7, 11) is 0. The maximum atomic E-state index is 12.7. The van der Waals surface area contributed by atoms with Crippen LogP contribution in [0.25, 0.3) is 0 Å². The molecule has 2 N–H and O–H groups in total. The topological polar surface area (TPSA) is 113 Å². The third-order valence-electron chi connectivity index (χ3n) is 5.10. The van der Waals surface area contributed by atoms with Crippen molar-refractivity contribution in [1.29, 1.82) is 0 Å². The van der Waals surface area contributed by atoms with Crippen LogP contribution in [0.2, 0.25) is 5.02 Å². The lowest BCUT2D eigenvalue weighted by Crippen LogP contribution is -2.36. The number of aromatic carboxylic acids is 1. The van der Waals surface area contributed by atoms with Crippen molar-refractivity contribution in [2.24, 2.45) is 0 Å². The lowest BCUT2D eigenvalue weighted by atomic mass is 10.0. The summed E-state index contributed by atoms with van der Waals surface area (Å²) in [6.45, 7) is 0.790. The summed E-state index contributed by atoms with van der Waals surface area (Å²) in [5.74, 6) is -2.74. The highest BCUT2D eigenvalue weighted by Gasteiger charge is 2.38. The third kappa shape index (κ3) is 3.67. The zero-order chi connectivity index (χ0) is 21.4. The zero-order valence-electron chi connectivity index (χ0n) is 15.7. The Morgan fingerprint density at radius 2 is 1.90 bits per heavy atom. The van der Waals surface area contributed by atoms with Crippen LogP contribution in [0.3, 0.4) is 0 Å². The Balaban J connectivity index is 1.57. The fourth-order valence-electron chi connectivity index (χ4n) is 3.59. The van der Waals surface area contributed by atoms with Gasteiger partial charge in [-0.25, -0.2) is 4.79 Å². The summed E-state index contributed by atoms with van der Waals surface area (Å²) < 4.78 is 5.51. The normalized spacial score (nSPS) is 17.9. The minimum absolute atomic E-state index is 0.0305. The van der Waals surface area contributed by atoms with Gasteiger partial charge in [-0.1, -0.05) is 11.6 Å². The van der Waals surface area contributed by atoms with E-state index in [4.69, 9.17) is 16.3 Å². The van der Waals surface area contributed by atoms with Crippen LogP contribution < -0.4 is 5.32 Å². The van der Waals surface area contributed by atoms with E-state index < -0.39 is 23.7 Å². The first-order valence-electron chi connectivity index (χ1n) is 9.31. The molecule has 30 heavy (non-hydrogen) atoms. The molecule has 0 unspecified atom stereocenters. The molecule has 1 atom stereocenters. The van der Waals surface area contributed by atoms with Crippen LogP contribution in [0.15, 0.2) is 36.4 Å². The Kier molecular flexibility index (Phi) is 5.27. The van der Waals surface area contributed by atoms with Gasteiger partial charge < -0.3 is 15.2 Å². The molecule has 0 bridgehead atoms. The van der Waals surface area contributed by atoms with Crippen molar-refractivity contribution < 1.29 is 29.0 Å². The number of carbonyl (C=O) groups excluding carboxylic acids is 3. The lowest BCUT2D eigenvalue weighted by Gasteiger charge is -2.17. The molecule has 8 nitrogen and oxygen atoms in total. The number of carbonyl (C=O) groups is 4. The summed E-state index contributed by atoms with van der Waals surface area (Å²) in [6.07, 6.45) is 1.50. The van der Waals surface area contributed by atoms with Gasteiger partial charge in [0.25, 0.3) is 17.7 Å². The highest BCUT2D eigenvalue weighted by molar-refractivity contribution is 6.31. The first-order valence-corrected chi connectivity index (χ1v) is 9.69. The van der Waals surface area contributed by atoms with Gasteiger partial charge in [-0.3, -0.25) is 19.3 Å². The van der Waals surface area contributed by atoms with Crippen LogP contribution >= 0.6 is 11.6 Å². The maximum Gasteiger partial charge on any atom is 0.337 e. The van der Waals surface area contributed by atoms with Gasteiger partial charge in [-0.2, -0.15) is 0 Å². The molecule has 2 aromatic carbocycles. The Bertz CT molecular complexity index is 1080. The average molecular weight is 429 g/mol. The summed E-state index contributed by atoms with van der Waals surface area (Å²) in [6, 6.07) is 8.20. The van der Waals surface area contributed by atoms with Gasteiger partial charge in [-0.15, -0.1) is 0 Å². The van der Waals surface area contributed by atoms with Crippen LogP contribution in [0.5, 0.6) is 0 Å². The van der Waals surface area contributed by atoms with Crippen LogP contribution in [-0.2, 0) is 4.74 Å². The molecule has 0 spiro atoms. The van der Waals surface area contributed by atoms with E-state index in [1.165, 1.54) is 36.4 Å². The molecule has 3 amide bonds. The van der Waals surface area contributed by atoms with Crippen molar-refractivity contribution in [1.82, 2.24) is 4.90 Å². The van der Waals surface area contributed by atoms with Gasteiger partial charge in [0.15, 0.2) is 0 Å². The van der Waals surface area contributed by atoms with Crippen molar-refractivity contribution in [3.63, 3.8) is 0 Å². The minimum atomic E-state index is -1.22. The third-order valence-corrected chi connectivity index (χ3v) is 5.34. The summed E-state index contributed by atoms with van der Waals surface area (Å²) in [5.41, 5.74) is 0.384. The monoisotopic (exact) mass is 428 g/mol. The predicted molar refractivity (Wildman–Crippen MR) is 107 cm³/mol. The number of carboxylic acid groups (broad SMARTS) is 1. The number of amides is 3. The van der Waals surface area contributed by atoms with Gasteiger partial charge in [0.05, 0.1) is 35.0 Å². The number of anilines is 1. The van der Waals surface area contributed by atoms with Gasteiger partial charge in [0.1, 0.15) is 0 Å². The maximum absolute atomic E-state index is 12.7. The fourth-order valence-corrected chi connectivity index (χ4v) is 3.76. The van der Waals surface area contributed by atoms with Crippen molar-refractivity contribution in [2.75, 3.05) is 18.5 Å². The number of imide groups is 1. The number of hydrogen-bond donors (Lipinski definition) is 2. The summed E-state index contributed by atoms with van der Waals surface area (Å²) in [5, 5.41) is 12.0. The largest absolute Gasteiger partial charge is 0.478 e. The van der Waals surface area contributed by atoms with E-state index in [-0.39, 0.29) is 45.6 Å². The van der Waals surface area contributed by atoms with Crippen LogP contribution in [0, 0.1) is 0 Å². The van der Waals surface area contributed by atoms with Crippen LogP contribution in [0.4, 0.5) is 5.69 Å². The number of carboxylic acids is 1. The molecule has 1 saturated heterocycles. The van der Waals surface area contributed by atoms with Crippen LogP contribution in [0.1, 0.15) is 54.3 Å². The molecular formula is C21H17ClN2O6. The zero-order valence-corrected chi connectivity index (χ0v) is 16.4. The summed E-state index contributed by atoms with van der Waals surface area (Å²) in [4.78, 5) is 50.5. The number of hydrogen-bond acceptors (Lipinski definition) is 5. The van der Waals surface area contributed by atoms with E-state index in [1.807, 2.05) is 0 Å². The first kappa shape index (κ1) is 20.1. The number of fused-ring (bicyclic) bond motifs is 1. The van der Waals surface area contributed by atoms with Gasteiger partial charge >= 0.3 is 5.97 Å².